The number of amides is 2. The molecule has 0 aliphatic heterocycles. The van der Waals surface area contributed by atoms with E-state index in [1.807, 2.05) is 44.2 Å². The highest BCUT2D eigenvalue weighted by Crippen LogP contribution is 2.25. The Morgan fingerprint density at radius 2 is 1.50 bits per heavy atom. The fourth-order valence-electron chi connectivity index (χ4n) is 4.06. The van der Waals surface area contributed by atoms with E-state index >= 15 is 0 Å². The van der Waals surface area contributed by atoms with Crippen molar-refractivity contribution >= 4 is 27.5 Å². The summed E-state index contributed by atoms with van der Waals surface area (Å²) in [7, 11) is -4.18. The number of sulfonamides is 1. The molecule has 9 heteroatoms. The summed E-state index contributed by atoms with van der Waals surface area (Å²) in [5, 5.41) is 2.90. The molecule has 0 heterocycles. The standard InChI is InChI=1S/C29H34FN3O4S/c1-3-5-20-31-29(35)27(4-2)32(21-23-12-8-6-9-13-23)28(34)22-33(25-18-16-24(30)17-19-25)38(36,37)26-14-10-7-11-15-26/h6-19,27H,3-5,20-22H2,1-2H3,(H,31,35)/t27-/m1/s1. The van der Waals surface area contributed by atoms with Crippen molar-refractivity contribution in [1.29, 1.82) is 0 Å². The monoisotopic (exact) mass is 539 g/mol. The van der Waals surface area contributed by atoms with E-state index in [4.69, 9.17) is 0 Å². The Morgan fingerprint density at radius 3 is 2.08 bits per heavy atom. The molecule has 3 aromatic carbocycles. The molecule has 7 nitrogen and oxygen atoms in total. The fourth-order valence-corrected chi connectivity index (χ4v) is 5.50. The van der Waals surface area contributed by atoms with Gasteiger partial charge in [0, 0.05) is 13.1 Å². The van der Waals surface area contributed by atoms with Gasteiger partial charge < -0.3 is 10.2 Å². The minimum atomic E-state index is -4.18. The van der Waals surface area contributed by atoms with Gasteiger partial charge in [-0.05, 0) is 54.8 Å². The van der Waals surface area contributed by atoms with Crippen LogP contribution >= 0.6 is 0 Å². The van der Waals surface area contributed by atoms with E-state index in [1.165, 1.54) is 29.2 Å². The Bertz CT molecular complexity index is 1290. The molecule has 202 valence electrons. The highest BCUT2D eigenvalue weighted by molar-refractivity contribution is 7.92. The van der Waals surface area contributed by atoms with E-state index in [2.05, 4.69) is 5.32 Å². The first-order valence-electron chi connectivity index (χ1n) is 12.7. The molecule has 2 amide bonds. The molecule has 0 bridgehead atoms. The maximum atomic E-state index is 13.9. The van der Waals surface area contributed by atoms with Crippen LogP contribution in [0, 0.1) is 5.82 Å². The zero-order chi connectivity index (χ0) is 27.5. The summed E-state index contributed by atoms with van der Waals surface area (Å²) in [4.78, 5) is 28.4. The molecule has 0 unspecified atom stereocenters. The minimum Gasteiger partial charge on any atom is -0.354 e. The summed E-state index contributed by atoms with van der Waals surface area (Å²) >= 11 is 0. The zero-order valence-corrected chi connectivity index (χ0v) is 22.5. The van der Waals surface area contributed by atoms with Crippen LogP contribution in [0.4, 0.5) is 10.1 Å². The SMILES string of the molecule is CCCCNC(=O)[C@@H](CC)N(Cc1ccccc1)C(=O)CN(c1ccc(F)cc1)S(=O)(=O)c1ccccc1. The lowest BCUT2D eigenvalue weighted by Crippen LogP contribution is -2.52. The Morgan fingerprint density at radius 1 is 0.895 bits per heavy atom. The second kappa shape index (κ2) is 13.7. The molecular formula is C29H34FN3O4S. The number of hydrogen-bond acceptors (Lipinski definition) is 4. The third kappa shape index (κ3) is 7.41. The third-order valence-electron chi connectivity index (χ3n) is 6.14. The molecule has 0 saturated carbocycles. The third-order valence-corrected chi connectivity index (χ3v) is 7.92. The van der Waals surface area contributed by atoms with Crippen molar-refractivity contribution in [2.45, 2.75) is 50.6 Å². The van der Waals surface area contributed by atoms with Gasteiger partial charge in [-0.1, -0.05) is 68.8 Å². The van der Waals surface area contributed by atoms with Crippen LogP contribution < -0.4 is 9.62 Å². The summed E-state index contributed by atoms with van der Waals surface area (Å²) in [5.41, 5.74) is 0.948. The van der Waals surface area contributed by atoms with Crippen molar-refractivity contribution in [3.05, 3.63) is 96.3 Å². The Kier molecular flexibility index (Phi) is 10.4. The predicted molar refractivity (Wildman–Crippen MR) is 146 cm³/mol. The summed E-state index contributed by atoms with van der Waals surface area (Å²) in [6, 6.07) is 21.1. The van der Waals surface area contributed by atoms with Gasteiger partial charge in [-0.15, -0.1) is 0 Å². The first-order valence-corrected chi connectivity index (χ1v) is 14.2. The Labute approximate surface area is 224 Å². The van der Waals surface area contributed by atoms with E-state index in [0.29, 0.717) is 13.0 Å². The molecule has 0 fully saturated rings. The van der Waals surface area contributed by atoms with E-state index in [-0.39, 0.29) is 23.0 Å². The van der Waals surface area contributed by atoms with Crippen LogP contribution in [0.2, 0.25) is 0 Å². The number of carbonyl (C=O) groups is 2. The molecule has 0 spiro atoms. The van der Waals surface area contributed by atoms with Crippen molar-refractivity contribution in [2.24, 2.45) is 0 Å². The summed E-state index contributed by atoms with van der Waals surface area (Å²) < 4.78 is 42.0. The van der Waals surface area contributed by atoms with Crippen LogP contribution in [0.15, 0.2) is 89.8 Å². The molecule has 0 aromatic heterocycles. The lowest BCUT2D eigenvalue weighted by atomic mass is 10.1. The summed E-state index contributed by atoms with van der Waals surface area (Å²) in [5.74, 6) is -1.36. The number of benzene rings is 3. The predicted octanol–water partition coefficient (Wildman–Crippen LogP) is 4.74. The van der Waals surface area contributed by atoms with E-state index < -0.39 is 34.3 Å². The molecule has 3 rings (SSSR count). The number of halogens is 1. The summed E-state index contributed by atoms with van der Waals surface area (Å²) in [6.07, 6.45) is 2.06. The quantitative estimate of drug-likeness (QED) is 0.318. The lowest BCUT2D eigenvalue weighted by molar-refractivity contribution is -0.140. The molecular weight excluding hydrogens is 505 g/mol. The Balaban J connectivity index is 2.00. The molecule has 3 aromatic rings. The van der Waals surface area contributed by atoms with E-state index in [0.717, 1.165) is 34.8 Å². The van der Waals surface area contributed by atoms with Crippen molar-refractivity contribution in [3.63, 3.8) is 0 Å². The maximum Gasteiger partial charge on any atom is 0.264 e. The maximum absolute atomic E-state index is 13.9. The molecule has 0 radical (unpaired) electrons. The number of rotatable bonds is 13. The summed E-state index contributed by atoms with van der Waals surface area (Å²) in [6.45, 7) is 3.89. The second-order valence-corrected chi connectivity index (χ2v) is 10.7. The molecule has 1 atom stereocenters. The van der Waals surface area contributed by atoms with Crippen molar-refractivity contribution in [2.75, 3.05) is 17.4 Å². The number of hydrogen-bond donors (Lipinski definition) is 1. The van der Waals surface area contributed by atoms with Gasteiger partial charge in [0.15, 0.2) is 0 Å². The molecule has 38 heavy (non-hydrogen) atoms. The molecule has 1 N–H and O–H groups in total. The number of nitrogens with one attached hydrogen (secondary N) is 1. The lowest BCUT2D eigenvalue weighted by Gasteiger charge is -2.33. The van der Waals surface area contributed by atoms with Gasteiger partial charge in [-0.25, -0.2) is 12.8 Å². The number of anilines is 1. The van der Waals surface area contributed by atoms with Crippen LogP contribution in [0.25, 0.3) is 0 Å². The van der Waals surface area contributed by atoms with E-state index in [1.54, 1.807) is 18.2 Å². The molecule has 0 saturated heterocycles. The largest absolute Gasteiger partial charge is 0.354 e. The number of carbonyl (C=O) groups excluding carboxylic acids is 2. The number of unbranched alkanes of at least 4 members (excludes halogenated alkanes) is 1. The van der Waals surface area contributed by atoms with Gasteiger partial charge in [0.05, 0.1) is 10.6 Å². The van der Waals surface area contributed by atoms with Crippen LogP contribution in [0.5, 0.6) is 0 Å². The number of nitrogens with zero attached hydrogens (tertiary/aromatic N) is 2. The normalized spacial score (nSPS) is 12.0. The Hall–Kier alpha value is -3.72. The molecule has 0 aliphatic rings. The smallest absolute Gasteiger partial charge is 0.264 e. The fraction of sp³-hybridized carbons (Fsp3) is 0.310. The highest BCUT2D eigenvalue weighted by Gasteiger charge is 2.33. The van der Waals surface area contributed by atoms with Crippen molar-refractivity contribution < 1.29 is 22.4 Å². The average molecular weight is 540 g/mol. The van der Waals surface area contributed by atoms with Gasteiger partial charge in [0.2, 0.25) is 11.8 Å². The van der Waals surface area contributed by atoms with Gasteiger partial charge in [0.25, 0.3) is 10.0 Å². The van der Waals surface area contributed by atoms with E-state index in [9.17, 15) is 22.4 Å². The minimum absolute atomic E-state index is 0.00363. The van der Waals surface area contributed by atoms with Gasteiger partial charge in [-0.2, -0.15) is 0 Å². The first-order chi connectivity index (χ1) is 18.3. The van der Waals surface area contributed by atoms with Gasteiger partial charge in [0.1, 0.15) is 18.4 Å². The van der Waals surface area contributed by atoms with Crippen LogP contribution in [-0.2, 0) is 26.2 Å². The van der Waals surface area contributed by atoms with Crippen molar-refractivity contribution in [1.82, 2.24) is 10.2 Å². The van der Waals surface area contributed by atoms with Gasteiger partial charge in [-0.3, -0.25) is 13.9 Å². The second-order valence-electron chi connectivity index (χ2n) is 8.88. The molecule has 0 aliphatic carbocycles. The zero-order valence-electron chi connectivity index (χ0n) is 21.7. The first kappa shape index (κ1) is 28.8. The van der Waals surface area contributed by atoms with Crippen LogP contribution in [-0.4, -0.2) is 44.3 Å². The van der Waals surface area contributed by atoms with Crippen LogP contribution in [0.3, 0.4) is 0 Å². The average Bonchev–Trinajstić information content (AvgIpc) is 2.93. The van der Waals surface area contributed by atoms with Crippen molar-refractivity contribution in [3.8, 4) is 0 Å². The van der Waals surface area contributed by atoms with Crippen LogP contribution in [0.1, 0.15) is 38.7 Å². The van der Waals surface area contributed by atoms with Gasteiger partial charge >= 0.3 is 0 Å². The highest BCUT2D eigenvalue weighted by atomic mass is 32.2. The topological polar surface area (TPSA) is 86.8 Å².